The van der Waals surface area contributed by atoms with Crippen LogP contribution in [0.5, 0.6) is 5.75 Å². The van der Waals surface area contributed by atoms with Crippen molar-refractivity contribution in [3.8, 4) is 16.9 Å². The second kappa shape index (κ2) is 9.65. The Morgan fingerprint density at radius 1 is 1.07 bits per heavy atom. The highest BCUT2D eigenvalue weighted by molar-refractivity contribution is 5.83. The number of hydrogen-bond donors (Lipinski definition) is 1. The van der Waals surface area contributed by atoms with Crippen LogP contribution in [-0.2, 0) is 16.0 Å². The van der Waals surface area contributed by atoms with Crippen LogP contribution in [0, 0.1) is 5.41 Å². The van der Waals surface area contributed by atoms with E-state index >= 15 is 0 Å². The third-order valence-corrected chi connectivity index (χ3v) is 6.76. The molecule has 0 unspecified atom stereocenters. The van der Waals surface area contributed by atoms with E-state index in [0.29, 0.717) is 19.3 Å². The van der Waals surface area contributed by atoms with Gasteiger partial charge < -0.3 is 14.8 Å². The van der Waals surface area contributed by atoms with Gasteiger partial charge in [0.15, 0.2) is 0 Å². The molecule has 4 rings (SSSR count). The molecule has 30 heavy (non-hydrogen) atoms. The van der Waals surface area contributed by atoms with Gasteiger partial charge in [-0.05, 0) is 49.3 Å². The summed E-state index contributed by atoms with van der Waals surface area (Å²) in [4.78, 5) is 13.5. The first-order valence-corrected chi connectivity index (χ1v) is 11.3. The summed E-state index contributed by atoms with van der Waals surface area (Å²) in [6, 6.07) is 17.0. The molecule has 2 aromatic carbocycles. The Bertz CT molecular complexity index is 851. The number of hydrogen-bond acceptors (Lipinski definition) is 3. The lowest BCUT2D eigenvalue weighted by atomic mass is 9.73. The fourth-order valence-corrected chi connectivity index (χ4v) is 4.95. The first-order chi connectivity index (χ1) is 14.7. The van der Waals surface area contributed by atoms with Crippen molar-refractivity contribution >= 4 is 5.91 Å². The lowest BCUT2D eigenvalue weighted by molar-refractivity contribution is -0.137. The SMILES string of the molecule is COc1ccccc1-c1cccc(CC2(C(=O)NC3CCCCC3)CCOCC2)c1. The summed E-state index contributed by atoms with van der Waals surface area (Å²) >= 11 is 0. The van der Waals surface area contributed by atoms with Crippen molar-refractivity contribution in [1.29, 1.82) is 0 Å². The minimum Gasteiger partial charge on any atom is -0.496 e. The molecule has 1 amide bonds. The van der Waals surface area contributed by atoms with Crippen molar-refractivity contribution in [3.63, 3.8) is 0 Å². The van der Waals surface area contributed by atoms with Crippen LogP contribution in [0.2, 0.25) is 0 Å². The number of carbonyl (C=O) groups is 1. The summed E-state index contributed by atoms with van der Waals surface area (Å²) in [5.74, 6) is 1.09. The Morgan fingerprint density at radius 3 is 2.60 bits per heavy atom. The van der Waals surface area contributed by atoms with Gasteiger partial charge in [-0.1, -0.05) is 61.7 Å². The summed E-state index contributed by atoms with van der Waals surface area (Å²) in [7, 11) is 1.70. The quantitative estimate of drug-likeness (QED) is 0.720. The fourth-order valence-electron chi connectivity index (χ4n) is 4.95. The van der Waals surface area contributed by atoms with E-state index in [1.54, 1.807) is 7.11 Å². The lowest BCUT2D eigenvalue weighted by Gasteiger charge is -2.38. The number of rotatable bonds is 6. The number of benzene rings is 2. The molecule has 0 aromatic heterocycles. The summed E-state index contributed by atoms with van der Waals surface area (Å²) in [5.41, 5.74) is 3.02. The maximum Gasteiger partial charge on any atom is 0.226 e. The predicted octanol–water partition coefficient (Wildman–Crippen LogP) is 5.15. The Kier molecular flexibility index (Phi) is 6.73. The molecule has 2 fully saturated rings. The monoisotopic (exact) mass is 407 g/mol. The number of amides is 1. The van der Waals surface area contributed by atoms with Crippen LogP contribution in [0.4, 0.5) is 0 Å². The van der Waals surface area contributed by atoms with Crippen molar-refractivity contribution in [2.24, 2.45) is 5.41 Å². The summed E-state index contributed by atoms with van der Waals surface area (Å²) < 4.78 is 11.2. The van der Waals surface area contributed by atoms with E-state index in [2.05, 4.69) is 35.6 Å². The predicted molar refractivity (Wildman–Crippen MR) is 120 cm³/mol. The number of para-hydroxylation sites is 1. The van der Waals surface area contributed by atoms with Gasteiger partial charge in [-0.25, -0.2) is 0 Å². The van der Waals surface area contributed by atoms with Crippen LogP contribution in [0.25, 0.3) is 11.1 Å². The molecule has 4 nitrogen and oxygen atoms in total. The average Bonchev–Trinajstić information content (AvgIpc) is 2.80. The third-order valence-electron chi connectivity index (χ3n) is 6.76. The number of ether oxygens (including phenoxy) is 2. The Morgan fingerprint density at radius 2 is 1.83 bits per heavy atom. The Labute approximate surface area is 180 Å². The number of carbonyl (C=O) groups excluding carboxylic acids is 1. The topological polar surface area (TPSA) is 47.6 Å². The molecule has 2 aliphatic rings. The van der Waals surface area contributed by atoms with Gasteiger partial charge in [0.25, 0.3) is 0 Å². The van der Waals surface area contributed by atoms with Crippen LogP contribution < -0.4 is 10.1 Å². The highest BCUT2D eigenvalue weighted by Gasteiger charge is 2.41. The smallest absolute Gasteiger partial charge is 0.226 e. The van der Waals surface area contributed by atoms with E-state index in [1.807, 2.05) is 18.2 Å². The zero-order valence-corrected chi connectivity index (χ0v) is 18.0. The highest BCUT2D eigenvalue weighted by Crippen LogP contribution is 2.37. The number of methoxy groups -OCH3 is 1. The van der Waals surface area contributed by atoms with E-state index in [4.69, 9.17) is 9.47 Å². The molecule has 0 atom stereocenters. The zero-order chi connectivity index (χ0) is 20.8. The van der Waals surface area contributed by atoms with E-state index in [1.165, 1.54) is 24.8 Å². The third kappa shape index (κ3) is 4.70. The maximum atomic E-state index is 13.5. The van der Waals surface area contributed by atoms with Gasteiger partial charge >= 0.3 is 0 Å². The molecule has 1 aliphatic carbocycles. The first kappa shape index (κ1) is 20.9. The van der Waals surface area contributed by atoms with Gasteiger partial charge in [0, 0.05) is 24.8 Å². The Balaban J connectivity index is 1.57. The average molecular weight is 408 g/mol. The maximum absolute atomic E-state index is 13.5. The van der Waals surface area contributed by atoms with Crippen molar-refractivity contribution in [1.82, 2.24) is 5.32 Å². The van der Waals surface area contributed by atoms with Crippen molar-refractivity contribution in [2.75, 3.05) is 20.3 Å². The standard InChI is InChI=1S/C26H33NO3/c1-29-24-13-6-5-12-23(24)21-9-7-8-20(18-21)19-26(14-16-30-17-15-26)25(28)27-22-10-3-2-4-11-22/h5-9,12-13,18,22H,2-4,10-11,14-17,19H2,1H3,(H,27,28). The molecule has 0 bridgehead atoms. The van der Waals surface area contributed by atoms with Gasteiger partial charge in [0.1, 0.15) is 5.75 Å². The van der Waals surface area contributed by atoms with Gasteiger partial charge in [0.2, 0.25) is 5.91 Å². The largest absolute Gasteiger partial charge is 0.496 e. The molecule has 1 heterocycles. The summed E-state index contributed by atoms with van der Waals surface area (Å²) in [6.07, 6.45) is 8.28. The molecule has 1 aliphatic heterocycles. The highest BCUT2D eigenvalue weighted by atomic mass is 16.5. The minimum absolute atomic E-state index is 0.223. The molecule has 0 radical (unpaired) electrons. The molecule has 1 saturated heterocycles. The minimum atomic E-state index is -0.380. The molecule has 4 heteroatoms. The van der Waals surface area contributed by atoms with E-state index in [9.17, 15) is 4.79 Å². The summed E-state index contributed by atoms with van der Waals surface area (Å²) in [6.45, 7) is 1.31. The van der Waals surface area contributed by atoms with Crippen LogP contribution in [0.3, 0.4) is 0 Å². The second-order valence-corrected chi connectivity index (χ2v) is 8.78. The molecule has 2 aromatic rings. The Hall–Kier alpha value is -2.33. The lowest BCUT2D eigenvalue weighted by Crippen LogP contribution is -2.49. The van der Waals surface area contributed by atoms with Crippen molar-refractivity contribution in [2.45, 2.75) is 57.4 Å². The van der Waals surface area contributed by atoms with E-state index < -0.39 is 0 Å². The molecule has 0 spiro atoms. The molecular formula is C26H33NO3. The van der Waals surface area contributed by atoms with Crippen LogP contribution in [0.1, 0.15) is 50.5 Å². The van der Waals surface area contributed by atoms with Gasteiger partial charge in [-0.15, -0.1) is 0 Å². The second-order valence-electron chi connectivity index (χ2n) is 8.78. The van der Waals surface area contributed by atoms with Gasteiger partial charge in [0.05, 0.1) is 12.5 Å². The number of nitrogens with one attached hydrogen (secondary N) is 1. The van der Waals surface area contributed by atoms with Gasteiger partial charge in [-0.3, -0.25) is 4.79 Å². The van der Waals surface area contributed by atoms with E-state index in [-0.39, 0.29) is 11.3 Å². The molecule has 160 valence electrons. The van der Waals surface area contributed by atoms with Crippen molar-refractivity contribution in [3.05, 3.63) is 54.1 Å². The molecule has 1 saturated carbocycles. The van der Waals surface area contributed by atoms with Crippen LogP contribution in [0.15, 0.2) is 48.5 Å². The van der Waals surface area contributed by atoms with Crippen LogP contribution >= 0.6 is 0 Å². The molecule has 1 N–H and O–H groups in total. The zero-order valence-electron chi connectivity index (χ0n) is 18.0. The fraction of sp³-hybridized carbons (Fsp3) is 0.500. The normalized spacial score (nSPS) is 19.2. The van der Waals surface area contributed by atoms with Gasteiger partial charge in [-0.2, -0.15) is 0 Å². The van der Waals surface area contributed by atoms with Crippen molar-refractivity contribution < 1.29 is 14.3 Å². The first-order valence-electron chi connectivity index (χ1n) is 11.3. The van der Waals surface area contributed by atoms with E-state index in [0.717, 1.165) is 49.0 Å². The van der Waals surface area contributed by atoms with Crippen LogP contribution in [-0.4, -0.2) is 32.3 Å². The molecular weight excluding hydrogens is 374 g/mol. The summed E-state index contributed by atoms with van der Waals surface area (Å²) in [5, 5.41) is 3.40.